The van der Waals surface area contributed by atoms with Crippen molar-refractivity contribution in [3.63, 3.8) is 0 Å². The summed E-state index contributed by atoms with van der Waals surface area (Å²) in [5.74, 6) is 1.30. The van der Waals surface area contributed by atoms with E-state index >= 15 is 0 Å². The molecular formula is C26H34N2O2S. The number of carbonyl (C=O) groups is 1. The number of allylic oxidation sites excluding steroid dienone is 1. The first-order valence-corrected chi connectivity index (χ1v) is 12.1. The third-order valence-corrected chi connectivity index (χ3v) is 7.27. The van der Waals surface area contributed by atoms with E-state index in [9.17, 15) is 4.79 Å². The molecule has 0 radical (unpaired) electrons. The lowest BCUT2D eigenvalue weighted by atomic mass is 9.92. The van der Waals surface area contributed by atoms with E-state index in [4.69, 9.17) is 4.74 Å². The zero-order chi connectivity index (χ0) is 22.5. The van der Waals surface area contributed by atoms with Crippen LogP contribution in [-0.4, -0.2) is 19.2 Å². The number of hydrogen-bond donors (Lipinski definition) is 1. The SMILES string of the molecule is C=Nc1c(C(=C)C(C)CCCC)sc(C(=O)N[C@H]2CCOc3ccccc32)c1C(C)C. The van der Waals surface area contributed by atoms with Gasteiger partial charge in [0.05, 0.1) is 28.1 Å². The van der Waals surface area contributed by atoms with E-state index < -0.39 is 0 Å². The van der Waals surface area contributed by atoms with E-state index in [1.165, 1.54) is 11.3 Å². The van der Waals surface area contributed by atoms with Crippen LogP contribution in [0.1, 0.15) is 91.0 Å². The molecule has 1 amide bonds. The molecule has 3 rings (SSSR count). The number of ether oxygens (including phenoxy) is 1. The number of thiophene rings is 1. The Labute approximate surface area is 190 Å². The summed E-state index contributed by atoms with van der Waals surface area (Å²) in [6, 6.07) is 7.86. The third kappa shape index (κ3) is 4.93. The largest absolute Gasteiger partial charge is 0.493 e. The van der Waals surface area contributed by atoms with Gasteiger partial charge in [-0.25, -0.2) is 0 Å². The van der Waals surface area contributed by atoms with E-state index in [0.717, 1.165) is 63.6 Å². The first-order chi connectivity index (χ1) is 14.9. The molecule has 1 aliphatic rings. The highest BCUT2D eigenvalue weighted by Crippen LogP contribution is 2.45. The molecule has 166 valence electrons. The number of unbranched alkanes of at least 4 members (excludes halogenated alkanes) is 1. The first kappa shape index (κ1) is 23.3. The van der Waals surface area contributed by atoms with Crippen molar-refractivity contribution in [2.75, 3.05) is 6.61 Å². The molecular weight excluding hydrogens is 404 g/mol. The minimum atomic E-state index is -0.0603. The molecule has 0 bridgehead atoms. The molecule has 2 heterocycles. The summed E-state index contributed by atoms with van der Waals surface area (Å²) >= 11 is 1.51. The van der Waals surface area contributed by atoms with Crippen LogP contribution >= 0.6 is 11.3 Å². The number of aliphatic imine (C=N–C) groups is 1. The van der Waals surface area contributed by atoms with Crippen molar-refractivity contribution < 1.29 is 9.53 Å². The van der Waals surface area contributed by atoms with Crippen LogP contribution < -0.4 is 10.1 Å². The minimum Gasteiger partial charge on any atom is -0.493 e. The summed E-state index contributed by atoms with van der Waals surface area (Å²) in [6.07, 6.45) is 4.16. The Bertz CT molecular complexity index is 960. The highest BCUT2D eigenvalue weighted by molar-refractivity contribution is 7.16. The Kier molecular flexibility index (Phi) is 7.71. The summed E-state index contributed by atoms with van der Waals surface area (Å²) in [7, 11) is 0. The normalized spacial score (nSPS) is 16.4. The van der Waals surface area contributed by atoms with Crippen LogP contribution in [0.4, 0.5) is 5.69 Å². The second kappa shape index (κ2) is 10.3. The van der Waals surface area contributed by atoms with Crippen molar-refractivity contribution in [3.8, 4) is 5.75 Å². The quantitative estimate of drug-likeness (QED) is 0.418. The predicted octanol–water partition coefficient (Wildman–Crippen LogP) is 7.30. The van der Waals surface area contributed by atoms with Crippen LogP contribution in [0.15, 0.2) is 35.8 Å². The third-order valence-electron chi connectivity index (χ3n) is 6.00. The lowest BCUT2D eigenvalue weighted by Crippen LogP contribution is -2.32. The van der Waals surface area contributed by atoms with E-state index in [2.05, 4.69) is 51.3 Å². The van der Waals surface area contributed by atoms with Crippen molar-refractivity contribution >= 4 is 35.2 Å². The topological polar surface area (TPSA) is 50.7 Å². The second-order valence-corrected chi connectivity index (χ2v) is 9.63. The summed E-state index contributed by atoms with van der Waals surface area (Å²) < 4.78 is 5.75. The highest BCUT2D eigenvalue weighted by atomic mass is 32.1. The fourth-order valence-corrected chi connectivity index (χ4v) is 5.54. The number of para-hydroxylation sites is 1. The molecule has 2 aromatic rings. The number of fused-ring (bicyclic) bond motifs is 1. The van der Waals surface area contributed by atoms with Crippen LogP contribution in [0.25, 0.3) is 5.57 Å². The number of carbonyl (C=O) groups excluding carboxylic acids is 1. The molecule has 1 N–H and O–H groups in total. The van der Waals surface area contributed by atoms with Gasteiger partial charge in [0.25, 0.3) is 5.91 Å². The van der Waals surface area contributed by atoms with Gasteiger partial charge in [0, 0.05) is 17.5 Å². The molecule has 2 atom stereocenters. The average Bonchev–Trinajstić information content (AvgIpc) is 3.17. The maximum absolute atomic E-state index is 13.5. The van der Waals surface area contributed by atoms with Gasteiger partial charge in [0.15, 0.2) is 0 Å². The lowest BCUT2D eigenvalue weighted by Gasteiger charge is -2.26. The molecule has 0 aliphatic carbocycles. The predicted molar refractivity (Wildman–Crippen MR) is 132 cm³/mol. The van der Waals surface area contributed by atoms with Crippen molar-refractivity contribution in [2.45, 2.75) is 65.3 Å². The molecule has 0 fully saturated rings. The van der Waals surface area contributed by atoms with Crippen LogP contribution in [0, 0.1) is 5.92 Å². The molecule has 0 saturated heterocycles. The van der Waals surface area contributed by atoms with Gasteiger partial charge >= 0.3 is 0 Å². The van der Waals surface area contributed by atoms with Crippen molar-refractivity contribution in [3.05, 3.63) is 51.7 Å². The van der Waals surface area contributed by atoms with Gasteiger partial charge in [-0.1, -0.05) is 65.3 Å². The number of nitrogens with zero attached hydrogens (tertiary/aromatic N) is 1. The van der Waals surface area contributed by atoms with Gasteiger partial charge in [0.2, 0.25) is 0 Å². The van der Waals surface area contributed by atoms with Crippen molar-refractivity contribution in [1.29, 1.82) is 0 Å². The van der Waals surface area contributed by atoms with Crippen LogP contribution in [0.5, 0.6) is 5.75 Å². The molecule has 4 nitrogen and oxygen atoms in total. The Morgan fingerprint density at radius 1 is 1.29 bits per heavy atom. The summed E-state index contributed by atoms with van der Waals surface area (Å²) in [5.41, 5.74) is 3.88. The van der Waals surface area contributed by atoms with E-state index in [-0.39, 0.29) is 17.9 Å². The van der Waals surface area contributed by atoms with Crippen molar-refractivity contribution in [2.24, 2.45) is 10.9 Å². The van der Waals surface area contributed by atoms with E-state index in [1.807, 2.05) is 24.3 Å². The molecule has 1 aromatic heterocycles. The van der Waals surface area contributed by atoms with E-state index in [0.29, 0.717) is 12.5 Å². The number of hydrogen-bond acceptors (Lipinski definition) is 4. The van der Waals surface area contributed by atoms with Crippen LogP contribution in [0.3, 0.4) is 0 Å². The Hall–Kier alpha value is -2.40. The minimum absolute atomic E-state index is 0.0550. The molecule has 0 saturated carbocycles. The first-order valence-electron chi connectivity index (χ1n) is 11.2. The summed E-state index contributed by atoms with van der Waals surface area (Å²) in [6.45, 7) is 17.4. The van der Waals surface area contributed by atoms with E-state index in [1.54, 1.807) is 0 Å². The maximum Gasteiger partial charge on any atom is 0.262 e. The monoisotopic (exact) mass is 438 g/mol. The summed E-state index contributed by atoms with van der Waals surface area (Å²) in [4.78, 5) is 19.5. The van der Waals surface area contributed by atoms with Gasteiger partial charge in [-0.05, 0) is 36.6 Å². The maximum atomic E-state index is 13.5. The van der Waals surface area contributed by atoms with Gasteiger partial charge in [-0.3, -0.25) is 9.79 Å². The fraction of sp³-hybridized carbons (Fsp3) is 0.462. The standard InChI is InChI=1S/C26H34N2O2S/c1-7-8-11-17(4)18(5)24-23(27-6)22(16(2)3)25(31-24)26(29)28-20-14-15-30-21-13-10-9-12-19(20)21/h9-10,12-13,16-17,20H,5-8,11,14-15H2,1-4H3,(H,28,29)/t17?,20-/m0/s1. The zero-order valence-electron chi connectivity index (χ0n) is 19.2. The number of benzene rings is 1. The Morgan fingerprint density at radius 2 is 2.03 bits per heavy atom. The molecule has 31 heavy (non-hydrogen) atoms. The molecule has 1 aromatic carbocycles. The van der Waals surface area contributed by atoms with Crippen LogP contribution in [-0.2, 0) is 0 Å². The smallest absolute Gasteiger partial charge is 0.262 e. The Morgan fingerprint density at radius 3 is 2.71 bits per heavy atom. The molecule has 1 unspecified atom stereocenters. The highest BCUT2D eigenvalue weighted by Gasteiger charge is 2.29. The second-order valence-electron chi connectivity index (χ2n) is 8.60. The van der Waals surface area contributed by atoms with Gasteiger partial charge in [-0.15, -0.1) is 11.3 Å². The van der Waals surface area contributed by atoms with Crippen LogP contribution in [0.2, 0.25) is 0 Å². The summed E-state index contributed by atoms with van der Waals surface area (Å²) in [5, 5.41) is 3.25. The molecule has 5 heteroatoms. The number of nitrogens with one attached hydrogen (secondary N) is 1. The number of amides is 1. The molecule has 1 aliphatic heterocycles. The zero-order valence-corrected chi connectivity index (χ0v) is 20.0. The average molecular weight is 439 g/mol. The van der Waals surface area contributed by atoms with Gasteiger partial charge in [-0.2, -0.15) is 0 Å². The number of rotatable bonds is 9. The fourth-order valence-electron chi connectivity index (χ4n) is 4.14. The van der Waals surface area contributed by atoms with Gasteiger partial charge < -0.3 is 10.1 Å². The molecule has 0 spiro atoms. The lowest BCUT2D eigenvalue weighted by molar-refractivity contribution is 0.0927. The van der Waals surface area contributed by atoms with Gasteiger partial charge in [0.1, 0.15) is 5.75 Å². The Balaban J connectivity index is 1.93. The van der Waals surface area contributed by atoms with Crippen molar-refractivity contribution in [1.82, 2.24) is 5.32 Å².